The van der Waals surface area contributed by atoms with Crippen LogP contribution in [0, 0.1) is 0 Å². The fourth-order valence-electron chi connectivity index (χ4n) is 7.45. The Hall–Kier alpha value is -6.19. The second-order valence-electron chi connectivity index (χ2n) is 12.0. The van der Waals surface area contributed by atoms with Crippen LogP contribution in [0.1, 0.15) is 0 Å². The van der Waals surface area contributed by atoms with Crippen LogP contribution in [-0.2, 0) is 0 Å². The number of nitrogens with zero attached hydrogens (tertiary/aromatic N) is 3. The van der Waals surface area contributed by atoms with E-state index in [1.807, 2.05) is 0 Å². The molecule has 0 bridgehead atoms. The molecule has 3 aromatic heterocycles. The normalized spacial score (nSPS) is 11.9. The summed E-state index contributed by atoms with van der Waals surface area (Å²) in [6.07, 6.45) is 0. The average Bonchev–Trinajstić information content (AvgIpc) is 3.69. The number of pyridine rings is 1. The molecular formula is C43H27N3. The van der Waals surface area contributed by atoms with Gasteiger partial charge < -0.3 is 4.57 Å². The van der Waals surface area contributed by atoms with E-state index in [1.54, 1.807) is 0 Å². The smallest absolute Gasteiger partial charge is 0.146 e. The van der Waals surface area contributed by atoms with Gasteiger partial charge >= 0.3 is 0 Å². The molecule has 0 aliphatic heterocycles. The lowest BCUT2D eigenvalue weighted by atomic mass is 9.97. The summed E-state index contributed by atoms with van der Waals surface area (Å²) in [6, 6.07) is 59.0. The zero-order valence-corrected chi connectivity index (χ0v) is 24.9. The monoisotopic (exact) mass is 585 g/mol. The maximum Gasteiger partial charge on any atom is 0.146 e. The average molecular weight is 586 g/mol. The van der Waals surface area contributed by atoms with Crippen molar-refractivity contribution in [1.82, 2.24) is 14.0 Å². The summed E-state index contributed by atoms with van der Waals surface area (Å²) in [5.74, 6) is 0. The van der Waals surface area contributed by atoms with Crippen LogP contribution in [0.3, 0.4) is 0 Å². The Balaban J connectivity index is 1.42. The second kappa shape index (κ2) is 9.65. The molecule has 0 fully saturated rings. The van der Waals surface area contributed by atoms with Crippen molar-refractivity contribution in [2.75, 3.05) is 0 Å². The SMILES string of the molecule is c1ccc(-c2cc(-c3ccccc3)cc(-n3c4ccccc4c4ccc5c(c6ccccc6n6c7ccccc7nc56)c43)c2)cc1. The lowest BCUT2D eigenvalue weighted by Crippen LogP contribution is -1.98. The number of hydrogen-bond donors (Lipinski definition) is 0. The highest BCUT2D eigenvalue weighted by atomic mass is 15.0. The van der Waals surface area contributed by atoms with Crippen LogP contribution in [0.25, 0.3) is 88.1 Å². The summed E-state index contributed by atoms with van der Waals surface area (Å²) in [4.78, 5) is 5.22. The first kappa shape index (κ1) is 25.2. The van der Waals surface area contributed by atoms with Gasteiger partial charge in [-0.1, -0.05) is 115 Å². The third-order valence-electron chi connectivity index (χ3n) is 9.44. The maximum absolute atomic E-state index is 5.22. The lowest BCUT2D eigenvalue weighted by molar-refractivity contribution is 1.19. The Labute approximate surface area is 265 Å². The van der Waals surface area contributed by atoms with Crippen LogP contribution in [0.2, 0.25) is 0 Å². The number of benzene rings is 7. The highest BCUT2D eigenvalue weighted by Gasteiger charge is 2.21. The summed E-state index contributed by atoms with van der Waals surface area (Å²) in [7, 11) is 0. The van der Waals surface area contributed by atoms with Gasteiger partial charge in [-0.15, -0.1) is 0 Å². The topological polar surface area (TPSA) is 22.2 Å². The molecule has 0 amide bonds. The van der Waals surface area contributed by atoms with Crippen molar-refractivity contribution >= 4 is 60.2 Å². The highest BCUT2D eigenvalue weighted by molar-refractivity contribution is 6.28. The molecule has 3 heteroatoms. The molecular weight excluding hydrogens is 558 g/mol. The third kappa shape index (κ3) is 3.57. The van der Waals surface area contributed by atoms with E-state index in [2.05, 4.69) is 173 Å². The van der Waals surface area contributed by atoms with Gasteiger partial charge in [-0.25, -0.2) is 4.98 Å². The predicted octanol–water partition coefficient (Wildman–Crippen LogP) is 11.2. The van der Waals surface area contributed by atoms with Gasteiger partial charge in [0.2, 0.25) is 0 Å². The van der Waals surface area contributed by atoms with Crippen LogP contribution >= 0.6 is 0 Å². The van der Waals surface area contributed by atoms with E-state index < -0.39 is 0 Å². The Bertz CT molecular complexity index is 2730. The molecule has 0 atom stereocenters. The van der Waals surface area contributed by atoms with E-state index in [0.29, 0.717) is 0 Å². The van der Waals surface area contributed by atoms with E-state index in [1.165, 1.54) is 54.8 Å². The third-order valence-corrected chi connectivity index (χ3v) is 9.44. The molecule has 10 aromatic rings. The zero-order valence-electron chi connectivity index (χ0n) is 24.9. The Morgan fingerprint density at radius 1 is 0.391 bits per heavy atom. The second-order valence-corrected chi connectivity index (χ2v) is 12.0. The number of imidazole rings is 1. The molecule has 214 valence electrons. The molecule has 0 aliphatic rings. The van der Waals surface area contributed by atoms with Gasteiger partial charge in [-0.3, -0.25) is 4.40 Å². The number of fused-ring (bicyclic) bond motifs is 12. The summed E-state index contributed by atoms with van der Waals surface area (Å²) < 4.78 is 4.81. The van der Waals surface area contributed by atoms with E-state index in [4.69, 9.17) is 4.98 Å². The van der Waals surface area contributed by atoms with Crippen molar-refractivity contribution in [3.63, 3.8) is 0 Å². The maximum atomic E-state index is 5.22. The molecule has 3 heterocycles. The Kier molecular flexibility index (Phi) is 5.28. The van der Waals surface area contributed by atoms with Gasteiger partial charge in [0, 0.05) is 32.6 Å². The fourth-order valence-corrected chi connectivity index (χ4v) is 7.45. The summed E-state index contributed by atoms with van der Waals surface area (Å²) in [5, 5.41) is 6.06. The molecule has 0 aliphatic carbocycles. The highest BCUT2D eigenvalue weighted by Crippen LogP contribution is 2.42. The van der Waals surface area contributed by atoms with Crippen molar-refractivity contribution < 1.29 is 0 Å². The first-order valence-electron chi connectivity index (χ1n) is 15.7. The molecule has 0 spiro atoms. The number of rotatable bonds is 3. The van der Waals surface area contributed by atoms with Crippen molar-refractivity contribution in [3.8, 4) is 27.9 Å². The van der Waals surface area contributed by atoms with Crippen LogP contribution in [0.15, 0.2) is 164 Å². The summed E-state index contributed by atoms with van der Waals surface area (Å²) in [5.41, 5.74) is 12.6. The first-order chi connectivity index (χ1) is 22.8. The quantitative estimate of drug-likeness (QED) is 0.189. The lowest BCUT2D eigenvalue weighted by Gasteiger charge is -2.16. The molecule has 0 saturated carbocycles. The van der Waals surface area contributed by atoms with Crippen LogP contribution in [0.5, 0.6) is 0 Å². The predicted molar refractivity (Wildman–Crippen MR) is 193 cm³/mol. The van der Waals surface area contributed by atoms with Gasteiger partial charge in [-0.05, 0) is 70.8 Å². The van der Waals surface area contributed by atoms with Crippen molar-refractivity contribution in [1.29, 1.82) is 0 Å². The molecule has 10 rings (SSSR count). The van der Waals surface area contributed by atoms with Crippen LogP contribution in [0.4, 0.5) is 0 Å². The Morgan fingerprint density at radius 3 is 1.67 bits per heavy atom. The minimum Gasteiger partial charge on any atom is -0.309 e. The molecule has 3 nitrogen and oxygen atoms in total. The fraction of sp³-hybridized carbons (Fsp3) is 0. The first-order valence-corrected chi connectivity index (χ1v) is 15.7. The molecule has 7 aromatic carbocycles. The summed E-state index contributed by atoms with van der Waals surface area (Å²) >= 11 is 0. The van der Waals surface area contributed by atoms with Gasteiger partial charge in [0.1, 0.15) is 5.65 Å². The molecule has 46 heavy (non-hydrogen) atoms. The van der Waals surface area contributed by atoms with E-state index in [0.717, 1.165) is 33.3 Å². The van der Waals surface area contributed by atoms with Crippen molar-refractivity contribution in [2.24, 2.45) is 0 Å². The van der Waals surface area contributed by atoms with Crippen molar-refractivity contribution in [3.05, 3.63) is 164 Å². The number of hydrogen-bond acceptors (Lipinski definition) is 1. The number of para-hydroxylation sites is 4. The zero-order chi connectivity index (χ0) is 30.2. The van der Waals surface area contributed by atoms with Crippen molar-refractivity contribution in [2.45, 2.75) is 0 Å². The van der Waals surface area contributed by atoms with Gasteiger partial charge in [0.25, 0.3) is 0 Å². The van der Waals surface area contributed by atoms with E-state index in [-0.39, 0.29) is 0 Å². The van der Waals surface area contributed by atoms with Crippen LogP contribution < -0.4 is 0 Å². The molecule has 0 saturated heterocycles. The standard InChI is InChI=1S/C43H27N3/c1-3-13-28(14-4-1)30-25-31(29-15-5-2-6-16-29)27-32(26-30)45-38-20-10-7-17-33(38)34-23-24-36-41(42(34)45)35-18-8-11-21-39(35)46-40-22-12-9-19-37(40)44-43(36)46/h1-27H. The molecule has 0 radical (unpaired) electrons. The molecule has 0 unspecified atom stereocenters. The number of aromatic nitrogens is 3. The van der Waals surface area contributed by atoms with Crippen LogP contribution in [-0.4, -0.2) is 14.0 Å². The molecule has 0 N–H and O–H groups in total. The van der Waals surface area contributed by atoms with Gasteiger partial charge in [-0.2, -0.15) is 0 Å². The van der Waals surface area contributed by atoms with Gasteiger partial charge in [0.05, 0.1) is 27.6 Å². The summed E-state index contributed by atoms with van der Waals surface area (Å²) in [6.45, 7) is 0. The van der Waals surface area contributed by atoms with E-state index in [9.17, 15) is 0 Å². The minimum absolute atomic E-state index is 0.983. The Morgan fingerprint density at radius 2 is 0.957 bits per heavy atom. The van der Waals surface area contributed by atoms with Gasteiger partial charge in [0.15, 0.2) is 0 Å². The van der Waals surface area contributed by atoms with E-state index >= 15 is 0 Å². The minimum atomic E-state index is 0.983. The largest absolute Gasteiger partial charge is 0.309 e.